The van der Waals surface area contributed by atoms with Crippen molar-refractivity contribution < 1.29 is 17.9 Å². The lowest BCUT2D eigenvalue weighted by molar-refractivity contribution is -0.141. The molecule has 0 saturated heterocycles. The molecular formula is C13H11F3N2O. The van der Waals surface area contributed by atoms with Crippen molar-refractivity contribution in [2.24, 2.45) is 5.73 Å². The minimum Gasteiger partial charge on any atom is -0.439 e. The van der Waals surface area contributed by atoms with E-state index < -0.39 is 11.9 Å². The maximum Gasteiger partial charge on any atom is 0.433 e. The standard InChI is InChI=1S/C13H11F3N2O/c14-13(15,16)11-7-6-9(8-17)12(18-11)19-10-4-2-1-3-5-10/h1-7H,8,17H2. The zero-order chi connectivity index (χ0) is 13.9. The van der Waals surface area contributed by atoms with E-state index in [0.29, 0.717) is 11.3 Å². The highest BCUT2D eigenvalue weighted by molar-refractivity contribution is 5.34. The van der Waals surface area contributed by atoms with Gasteiger partial charge >= 0.3 is 6.18 Å². The lowest BCUT2D eigenvalue weighted by Gasteiger charge is -2.12. The molecule has 1 heterocycles. The van der Waals surface area contributed by atoms with Gasteiger partial charge in [-0.05, 0) is 18.2 Å². The number of aromatic nitrogens is 1. The Balaban J connectivity index is 2.37. The van der Waals surface area contributed by atoms with Gasteiger partial charge in [0.2, 0.25) is 5.88 Å². The zero-order valence-corrected chi connectivity index (χ0v) is 9.82. The fourth-order valence-corrected chi connectivity index (χ4v) is 1.47. The first-order valence-electron chi connectivity index (χ1n) is 5.51. The van der Waals surface area contributed by atoms with Gasteiger partial charge in [-0.1, -0.05) is 24.3 Å². The molecule has 3 nitrogen and oxygen atoms in total. The van der Waals surface area contributed by atoms with E-state index in [-0.39, 0.29) is 12.4 Å². The molecule has 0 amide bonds. The molecule has 0 atom stereocenters. The van der Waals surface area contributed by atoms with Gasteiger partial charge in [0.1, 0.15) is 11.4 Å². The fraction of sp³-hybridized carbons (Fsp3) is 0.154. The average molecular weight is 268 g/mol. The Bertz CT molecular complexity index is 556. The molecule has 2 N–H and O–H groups in total. The molecule has 0 aliphatic heterocycles. The van der Waals surface area contributed by atoms with Crippen LogP contribution >= 0.6 is 0 Å². The summed E-state index contributed by atoms with van der Waals surface area (Å²) in [6.45, 7) is 0.0489. The van der Waals surface area contributed by atoms with Crippen LogP contribution in [0.5, 0.6) is 11.6 Å². The molecule has 0 spiro atoms. The number of alkyl halides is 3. The second-order valence-corrected chi connectivity index (χ2v) is 3.78. The molecule has 0 saturated carbocycles. The van der Waals surface area contributed by atoms with Crippen molar-refractivity contribution in [3.05, 3.63) is 53.7 Å². The zero-order valence-electron chi connectivity index (χ0n) is 9.82. The number of hydrogen-bond donors (Lipinski definition) is 1. The Morgan fingerprint density at radius 1 is 1.05 bits per heavy atom. The molecule has 0 radical (unpaired) electrons. The highest BCUT2D eigenvalue weighted by Gasteiger charge is 2.33. The topological polar surface area (TPSA) is 48.1 Å². The van der Waals surface area contributed by atoms with Crippen LogP contribution in [0.2, 0.25) is 0 Å². The summed E-state index contributed by atoms with van der Waals surface area (Å²) in [5.41, 5.74) is 4.87. The Morgan fingerprint density at radius 2 is 1.74 bits per heavy atom. The van der Waals surface area contributed by atoms with Crippen molar-refractivity contribution >= 4 is 0 Å². The summed E-state index contributed by atoms with van der Waals surface area (Å²) in [6.07, 6.45) is -4.51. The summed E-state index contributed by atoms with van der Waals surface area (Å²) in [6, 6.07) is 10.6. The lowest BCUT2D eigenvalue weighted by Crippen LogP contribution is -2.10. The minimum absolute atomic E-state index is 0.0489. The Hall–Kier alpha value is -2.08. The van der Waals surface area contributed by atoms with Crippen LogP contribution < -0.4 is 10.5 Å². The monoisotopic (exact) mass is 268 g/mol. The largest absolute Gasteiger partial charge is 0.439 e. The molecule has 1 aromatic heterocycles. The molecule has 1 aromatic carbocycles. The van der Waals surface area contributed by atoms with Crippen LogP contribution in [-0.2, 0) is 12.7 Å². The number of rotatable bonds is 3. The quantitative estimate of drug-likeness (QED) is 0.928. The van der Waals surface area contributed by atoms with Crippen molar-refractivity contribution in [3.63, 3.8) is 0 Å². The van der Waals surface area contributed by atoms with Gasteiger partial charge in [-0.3, -0.25) is 0 Å². The molecule has 0 fully saturated rings. The third kappa shape index (κ3) is 3.23. The number of ether oxygens (including phenoxy) is 1. The third-order valence-electron chi connectivity index (χ3n) is 2.41. The molecule has 0 aliphatic rings. The van der Waals surface area contributed by atoms with Gasteiger partial charge in [-0.25, -0.2) is 4.98 Å². The summed E-state index contributed by atoms with van der Waals surface area (Å²) in [7, 11) is 0. The summed E-state index contributed by atoms with van der Waals surface area (Å²) in [5.74, 6) is 0.285. The van der Waals surface area contributed by atoms with Crippen molar-refractivity contribution in [3.8, 4) is 11.6 Å². The molecule has 0 aliphatic carbocycles. The maximum absolute atomic E-state index is 12.6. The number of pyridine rings is 1. The van der Waals surface area contributed by atoms with Crippen LogP contribution in [0, 0.1) is 0 Å². The molecule has 100 valence electrons. The van der Waals surface area contributed by atoms with E-state index in [1.807, 2.05) is 0 Å². The Morgan fingerprint density at radius 3 is 2.32 bits per heavy atom. The van der Waals surface area contributed by atoms with Gasteiger partial charge in [0.25, 0.3) is 0 Å². The van der Waals surface area contributed by atoms with Crippen LogP contribution in [0.1, 0.15) is 11.3 Å². The van der Waals surface area contributed by atoms with Gasteiger partial charge in [0.15, 0.2) is 0 Å². The van der Waals surface area contributed by atoms with E-state index in [9.17, 15) is 13.2 Å². The van der Waals surface area contributed by atoms with Crippen molar-refractivity contribution in [2.75, 3.05) is 0 Å². The molecule has 2 rings (SSSR count). The van der Waals surface area contributed by atoms with E-state index in [1.54, 1.807) is 30.3 Å². The first-order valence-corrected chi connectivity index (χ1v) is 5.51. The molecule has 19 heavy (non-hydrogen) atoms. The molecule has 0 bridgehead atoms. The molecular weight excluding hydrogens is 257 g/mol. The molecule has 2 aromatic rings. The number of nitrogens with two attached hydrogens (primary N) is 1. The Kier molecular flexibility index (Phi) is 3.71. The number of nitrogens with zero attached hydrogens (tertiary/aromatic N) is 1. The lowest BCUT2D eigenvalue weighted by atomic mass is 10.2. The highest BCUT2D eigenvalue weighted by Crippen LogP contribution is 2.31. The van der Waals surface area contributed by atoms with E-state index in [0.717, 1.165) is 6.07 Å². The van der Waals surface area contributed by atoms with E-state index in [2.05, 4.69) is 4.98 Å². The van der Waals surface area contributed by atoms with E-state index in [4.69, 9.17) is 10.5 Å². The third-order valence-corrected chi connectivity index (χ3v) is 2.41. The van der Waals surface area contributed by atoms with Crippen LogP contribution in [0.4, 0.5) is 13.2 Å². The molecule has 6 heteroatoms. The first kappa shape index (κ1) is 13.4. The van der Waals surface area contributed by atoms with Crippen LogP contribution in [0.15, 0.2) is 42.5 Å². The van der Waals surface area contributed by atoms with Gasteiger partial charge in [0, 0.05) is 12.1 Å². The van der Waals surface area contributed by atoms with Crippen LogP contribution in [-0.4, -0.2) is 4.98 Å². The molecule has 0 unspecified atom stereocenters. The van der Waals surface area contributed by atoms with Gasteiger partial charge in [-0.2, -0.15) is 13.2 Å². The van der Waals surface area contributed by atoms with Crippen molar-refractivity contribution in [2.45, 2.75) is 12.7 Å². The predicted molar refractivity (Wildman–Crippen MR) is 63.6 cm³/mol. The number of hydrogen-bond acceptors (Lipinski definition) is 3. The van der Waals surface area contributed by atoms with Gasteiger partial charge in [-0.15, -0.1) is 0 Å². The van der Waals surface area contributed by atoms with Crippen LogP contribution in [0.25, 0.3) is 0 Å². The number of para-hydroxylation sites is 1. The maximum atomic E-state index is 12.6. The summed E-state index contributed by atoms with van der Waals surface area (Å²) in [4.78, 5) is 3.48. The smallest absolute Gasteiger partial charge is 0.433 e. The van der Waals surface area contributed by atoms with E-state index >= 15 is 0 Å². The predicted octanol–water partition coefficient (Wildman–Crippen LogP) is 3.35. The van der Waals surface area contributed by atoms with Gasteiger partial charge in [0.05, 0.1) is 0 Å². The SMILES string of the molecule is NCc1ccc(C(F)(F)F)nc1Oc1ccccc1. The number of benzene rings is 1. The first-order chi connectivity index (χ1) is 9.00. The average Bonchev–Trinajstić information content (AvgIpc) is 2.39. The highest BCUT2D eigenvalue weighted by atomic mass is 19.4. The van der Waals surface area contributed by atoms with Crippen molar-refractivity contribution in [1.82, 2.24) is 4.98 Å². The fourth-order valence-electron chi connectivity index (χ4n) is 1.47. The summed E-state index contributed by atoms with van der Waals surface area (Å²) in [5, 5.41) is 0. The van der Waals surface area contributed by atoms with E-state index in [1.165, 1.54) is 6.07 Å². The van der Waals surface area contributed by atoms with Crippen LogP contribution in [0.3, 0.4) is 0 Å². The Labute approximate surface area is 107 Å². The van der Waals surface area contributed by atoms with Crippen molar-refractivity contribution in [1.29, 1.82) is 0 Å². The van der Waals surface area contributed by atoms with Gasteiger partial charge < -0.3 is 10.5 Å². The summed E-state index contributed by atoms with van der Waals surface area (Å²) < 4.78 is 43.1. The number of halogens is 3. The summed E-state index contributed by atoms with van der Waals surface area (Å²) >= 11 is 0. The second kappa shape index (κ2) is 5.27. The second-order valence-electron chi connectivity index (χ2n) is 3.78. The normalized spacial score (nSPS) is 11.4. The minimum atomic E-state index is -4.51.